The number of amides is 1. The lowest BCUT2D eigenvalue weighted by atomic mass is 9.46. The van der Waals surface area contributed by atoms with Crippen molar-refractivity contribution in [1.82, 2.24) is 4.90 Å². The fourth-order valence-electron chi connectivity index (χ4n) is 7.64. The van der Waals surface area contributed by atoms with Crippen LogP contribution in [0.4, 0.5) is 5.69 Å². The molecule has 0 aromatic heterocycles. The number of aliphatic hydroxyl groups excluding tert-OH is 2. The number of primary amides is 1. The Bertz CT molecular complexity index is 1730. The summed E-state index contributed by atoms with van der Waals surface area (Å²) in [5.74, 6) is -5.08. The van der Waals surface area contributed by atoms with Gasteiger partial charge in [-0.1, -0.05) is 32.0 Å². The van der Waals surface area contributed by atoms with Gasteiger partial charge in [0, 0.05) is 22.1 Å². The lowest BCUT2D eigenvalue weighted by molar-refractivity contribution is -0.175. The lowest BCUT2D eigenvalue weighted by Crippen LogP contribution is -2.72. The van der Waals surface area contributed by atoms with Crippen LogP contribution in [0.5, 0.6) is 5.75 Å². The van der Waals surface area contributed by atoms with Gasteiger partial charge in [0.2, 0.25) is 5.78 Å². The van der Waals surface area contributed by atoms with Crippen LogP contribution < -0.4 is 11.1 Å². The molecule has 0 saturated heterocycles. The van der Waals surface area contributed by atoms with Gasteiger partial charge in [0.25, 0.3) is 5.91 Å². The normalized spacial score (nSPS) is 28.3. The molecule has 0 radical (unpaired) electrons. The lowest BCUT2D eigenvalue weighted by Gasteiger charge is -2.59. The number of phenols is 1. The summed E-state index contributed by atoms with van der Waals surface area (Å²) in [5.41, 5.74) is 1.54. The highest BCUT2D eigenvalue weighted by Crippen LogP contribution is 2.63. The van der Waals surface area contributed by atoms with Crippen LogP contribution in [-0.4, -0.2) is 80.4 Å². The van der Waals surface area contributed by atoms with Crippen molar-refractivity contribution < 1.29 is 34.8 Å². The van der Waals surface area contributed by atoms with E-state index in [-0.39, 0.29) is 35.3 Å². The summed E-state index contributed by atoms with van der Waals surface area (Å²) in [5, 5.41) is 49.2. The molecule has 45 heavy (non-hydrogen) atoms. The van der Waals surface area contributed by atoms with Gasteiger partial charge in [-0.3, -0.25) is 24.3 Å². The number of benzene rings is 2. The Hall–Kier alpha value is -4.48. The minimum atomic E-state index is -2.76. The van der Waals surface area contributed by atoms with Crippen LogP contribution in [0.1, 0.15) is 52.2 Å². The predicted octanol–water partition coefficient (Wildman–Crippen LogP) is 3.65. The molecule has 1 fully saturated rings. The fourth-order valence-corrected chi connectivity index (χ4v) is 7.64. The summed E-state index contributed by atoms with van der Waals surface area (Å²) in [4.78, 5) is 46.2. The van der Waals surface area contributed by atoms with Crippen molar-refractivity contribution in [2.75, 3.05) is 19.4 Å². The standard InChI is InChI=1S/C34H40N4O7/c1-31(2,3)37-16-36-18-10-8-17(9-11-18)19-12-13-21(39)22-20(19)14-32(4)15-33(5)27(38(6)7)26(41)23(30(35)44)28(42)34(33,45)29(43)24(32)25(22)40/h8-13,16,27,39-40,42,45H,14-15H2,1-7H3,(H2,35,44)(H,36,37)/t27-,32+,33+,34-/m1/s1. The van der Waals surface area contributed by atoms with Gasteiger partial charge in [-0.25, -0.2) is 0 Å². The molecule has 0 spiro atoms. The van der Waals surface area contributed by atoms with E-state index < -0.39 is 57.0 Å². The molecule has 5 rings (SSSR count). The number of aliphatic imine (C=N–C) groups is 1. The number of nitrogens with one attached hydrogen (secondary N) is 1. The van der Waals surface area contributed by atoms with Crippen LogP contribution in [0.15, 0.2) is 58.3 Å². The number of phenolic OH excluding ortho intramolecular Hbond substituents is 1. The minimum absolute atomic E-state index is 0.0367. The Morgan fingerprint density at radius 1 is 1.07 bits per heavy atom. The van der Waals surface area contributed by atoms with E-state index in [0.29, 0.717) is 11.1 Å². The highest BCUT2D eigenvalue weighted by atomic mass is 16.3. The molecule has 238 valence electrons. The third kappa shape index (κ3) is 4.64. The van der Waals surface area contributed by atoms with Crippen molar-refractivity contribution in [2.24, 2.45) is 21.6 Å². The summed E-state index contributed by atoms with van der Waals surface area (Å²) in [6.07, 6.45) is 1.75. The van der Waals surface area contributed by atoms with Crippen molar-refractivity contribution >= 4 is 35.3 Å². The van der Waals surface area contributed by atoms with Crippen LogP contribution in [0.2, 0.25) is 0 Å². The molecule has 1 saturated carbocycles. The van der Waals surface area contributed by atoms with Gasteiger partial charge >= 0.3 is 0 Å². The van der Waals surface area contributed by atoms with Gasteiger partial charge in [-0.2, -0.15) is 0 Å². The maximum absolute atomic E-state index is 14.4. The van der Waals surface area contributed by atoms with Gasteiger partial charge < -0.3 is 31.5 Å². The topological polar surface area (TPSA) is 186 Å². The number of likely N-dealkylation sites (N-methyl/N-ethyl adjacent to an activating group) is 1. The molecule has 11 heteroatoms. The van der Waals surface area contributed by atoms with Gasteiger partial charge in [0.1, 0.15) is 22.8 Å². The van der Waals surface area contributed by atoms with E-state index in [1.54, 1.807) is 33.4 Å². The molecule has 2 aromatic carbocycles. The van der Waals surface area contributed by atoms with Crippen LogP contribution in [-0.2, 0) is 20.8 Å². The third-order valence-corrected chi connectivity index (χ3v) is 9.39. The minimum Gasteiger partial charge on any atom is -0.508 e. The number of aromatic hydroxyl groups is 1. The Morgan fingerprint density at radius 2 is 1.69 bits per heavy atom. The van der Waals surface area contributed by atoms with Crippen LogP contribution in [0.25, 0.3) is 16.9 Å². The number of fused-ring (bicyclic) bond motifs is 3. The molecule has 7 N–H and O–H groups in total. The number of rotatable bonds is 5. The van der Waals surface area contributed by atoms with Crippen molar-refractivity contribution in [3.05, 3.63) is 64.4 Å². The zero-order valence-corrected chi connectivity index (χ0v) is 26.5. The highest BCUT2D eigenvalue weighted by molar-refractivity contribution is 6.25. The number of Topliss-reactive ketones (excluding diaryl/α,β-unsaturated/α-hetero) is 2. The number of carbonyl (C=O) groups is 3. The maximum atomic E-state index is 14.4. The number of carbonyl (C=O) groups excluding carboxylic acids is 3. The maximum Gasteiger partial charge on any atom is 0.255 e. The fraction of sp³-hybridized carbons (Fsp3) is 0.412. The molecule has 0 heterocycles. The summed E-state index contributed by atoms with van der Waals surface area (Å²) in [7, 11) is 3.15. The number of ketones is 2. The molecular weight excluding hydrogens is 576 g/mol. The average Bonchev–Trinajstić information content (AvgIpc) is 2.90. The largest absolute Gasteiger partial charge is 0.508 e. The van der Waals surface area contributed by atoms with E-state index in [2.05, 4.69) is 10.3 Å². The Kier molecular flexibility index (Phi) is 7.30. The zero-order chi connectivity index (χ0) is 33.4. The van der Waals surface area contributed by atoms with Crippen molar-refractivity contribution in [3.8, 4) is 16.9 Å². The second-order valence-electron chi connectivity index (χ2n) is 14.0. The van der Waals surface area contributed by atoms with Crippen molar-refractivity contribution in [1.29, 1.82) is 0 Å². The summed E-state index contributed by atoms with van der Waals surface area (Å²) >= 11 is 0. The molecule has 1 amide bonds. The van der Waals surface area contributed by atoms with E-state index in [0.717, 1.165) is 11.3 Å². The molecule has 0 bridgehead atoms. The summed E-state index contributed by atoms with van der Waals surface area (Å²) in [6, 6.07) is 9.48. The summed E-state index contributed by atoms with van der Waals surface area (Å²) < 4.78 is 0. The first-order valence-electron chi connectivity index (χ1n) is 14.7. The first kappa shape index (κ1) is 31.9. The number of hydrogen-bond donors (Lipinski definition) is 6. The quantitative estimate of drug-likeness (QED) is 0.166. The van der Waals surface area contributed by atoms with E-state index in [1.807, 2.05) is 45.0 Å². The number of anilines is 1. The summed E-state index contributed by atoms with van der Waals surface area (Å²) in [6.45, 7) is 9.24. The molecule has 4 atom stereocenters. The smallest absolute Gasteiger partial charge is 0.255 e. The molecule has 3 aliphatic carbocycles. The number of aliphatic hydroxyl groups is 3. The SMILES string of the molecule is CN(C)[C@@H]1C(=O)C(C(N)=O)=C(O)[C@@]2(O)C(=O)C3=C(O)c4c(O)ccc(-c5ccc(NC=NC(C)(C)C)cc5)c4C[C@@]3(C)C[C@@]12C. The number of nitrogens with two attached hydrogens (primary N) is 1. The Morgan fingerprint density at radius 3 is 2.24 bits per heavy atom. The van der Waals surface area contributed by atoms with Gasteiger partial charge in [-0.15, -0.1) is 0 Å². The monoisotopic (exact) mass is 616 g/mol. The molecule has 11 nitrogen and oxygen atoms in total. The van der Waals surface area contributed by atoms with Crippen LogP contribution in [0.3, 0.4) is 0 Å². The average molecular weight is 617 g/mol. The molecule has 2 aromatic rings. The first-order chi connectivity index (χ1) is 20.8. The number of nitrogens with zero attached hydrogens (tertiary/aromatic N) is 2. The molecular formula is C34H40N4O7. The second-order valence-corrected chi connectivity index (χ2v) is 14.0. The van der Waals surface area contributed by atoms with Gasteiger partial charge in [0.15, 0.2) is 11.4 Å². The predicted molar refractivity (Wildman–Crippen MR) is 171 cm³/mol. The highest BCUT2D eigenvalue weighted by Gasteiger charge is 2.72. The van der Waals surface area contributed by atoms with E-state index in [9.17, 15) is 34.8 Å². The molecule has 3 aliphatic rings. The van der Waals surface area contributed by atoms with Gasteiger partial charge in [-0.05, 0) is 82.6 Å². The van der Waals surface area contributed by atoms with E-state index >= 15 is 0 Å². The van der Waals surface area contributed by atoms with Crippen LogP contribution >= 0.6 is 0 Å². The third-order valence-electron chi connectivity index (χ3n) is 9.39. The van der Waals surface area contributed by atoms with Gasteiger partial charge in [0.05, 0.1) is 23.5 Å². The van der Waals surface area contributed by atoms with Crippen LogP contribution in [0, 0.1) is 10.8 Å². The first-order valence-corrected chi connectivity index (χ1v) is 14.7. The van der Waals surface area contributed by atoms with E-state index in [1.165, 1.54) is 17.9 Å². The van der Waals surface area contributed by atoms with E-state index in [4.69, 9.17) is 5.73 Å². The molecule has 0 unspecified atom stereocenters. The number of hydrogen-bond acceptors (Lipinski definition) is 9. The van der Waals surface area contributed by atoms with Crippen molar-refractivity contribution in [3.63, 3.8) is 0 Å². The van der Waals surface area contributed by atoms with Crippen molar-refractivity contribution in [2.45, 2.75) is 64.6 Å². The zero-order valence-electron chi connectivity index (χ0n) is 26.5. The second kappa shape index (κ2) is 10.3. The molecule has 0 aliphatic heterocycles. The Balaban J connectivity index is 1.68. The Labute approximate surface area is 261 Å².